The molecule has 0 fully saturated rings. The van der Waals surface area contributed by atoms with Gasteiger partial charge in [0, 0.05) is 13.1 Å². The summed E-state index contributed by atoms with van der Waals surface area (Å²) >= 11 is 0. The van der Waals surface area contributed by atoms with E-state index in [1.807, 2.05) is 25.3 Å². The Morgan fingerprint density at radius 2 is 2.38 bits per heavy atom. The molecule has 0 N–H and O–H groups in total. The van der Waals surface area contributed by atoms with Crippen LogP contribution in [0.3, 0.4) is 0 Å². The van der Waals surface area contributed by atoms with Gasteiger partial charge in [-0.25, -0.2) is 0 Å². The highest BCUT2D eigenvalue weighted by Crippen LogP contribution is 2.05. The van der Waals surface area contributed by atoms with Crippen LogP contribution in [-0.4, -0.2) is 31.1 Å². The van der Waals surface area contributed by atoms with Crippen LogP contribution in [0.15, 0.2) is 24.4 Å². The Labute approximate surface area is 78.7 Å². The van der Waals surface area contributed by atoms with E-state index in [1.54, 1.807) is 0 Å². The van der Waals surface area contributed by atoms with Gasteiger partial charge < -0.3 is 9.64 Å². The summed E-state index contributed by atoms with van der Waals surface area (Å²) in [4.78, 5) is 13.2. The summed E-state index contributed by atoms with van der Waals surface area (Å²) in [5.41, 5.74) is 0. The maximum Gasteiger partial charge on any atom is 0.310 e. The molecule has 3 nitrogen and oxygen atoms in total. The third-order valence-corrected chi connectivity index (χ3v) is 2.00. The topological polar surface area (TPSA) is 29.5 Å². The first-order valence-electron chi connectivity index (χ1n) is 4.39. The second-order valence-electron chi connectivity index (χ2n) is 3.15. The zero-order valence-electron chi connectivity index (χ0n) is 8.06. The number of esters is 1. The van der Waals surface area contributed by atoms with Crippen LogP contribution in [0.4, 0.5) is 0 Å². The largest absolute Gasteiger partial charge is 0.469 e. The van der Waals surface area contributed by atoms with E-state index >= 15 is 0 Å². The molecule has 0 saturated carbocycles. The minimum Gasteiger partial charge on any atom is -0.469 e. The van der Waals surface area contributed by atoms with E-state index in [2.05, 4.69) is 15.7 Å². The number of hydrogen-bond donors (Lipinski definition) is 0. The Bertz CT molecular complexity index is 233. The van der Waals surface area contributed by atoms with Crippen molar-refractivity contribution in [2.75, 3.05) is 20.2 Å². The van der Waals surface area contributed by atoms with E-state index in [9.17, 15) is 4.79 Å². The van der Waals surface area contributed by atoms with Crippen LogP contribution < -0.4 is 0 Å². The Kier molecular flexibility index (Phi) is 3.55. The lowest BCUT2D eigenvalue weighted by atomic mass is 10.1. The Hall–Kier alpha value is -1.25. The van der Waals surface area contributed by atoms with Crippen molar-refractivity contribution in [2.24, 2.45) is 5.92 Å². The second-order valence-corrected chi connectivity index (χ2v) is 3.15. The first kappa shape index (κ1) is 9.84. The quantitative estimate of drug-likeness (QED) is 0.612. The zero-order chi connectivity index (χ0) is 9.68. The summed E-state index contributed by atoms with van der Waals surface area (Å²) in [7, 11) is 1.42. The number of ether oxygens (including phenoxy) is 1. The highest BCUT2D eigenvalue weighted by atomic mass is 16.5. The van der Waals surface area contributed by atoms with Crippen LogP contribution in [0.25, 0.3) is 0 Å². The molecule has 0 spiro atoms. The summed E-state index contributed by atoms with van der Waals surface area (Å²) in [6, 6.07) is 0. The summed E-state index contributed by atoms with van der Waals surface area (Å²) < 4.78 is 4.65. The molecule has 0 amide bonds. The van der Waals surface area contributed by atoms with Crippen molar-refractivity contribution in [1.82, 2.24) is 4.90 Å². The summed E-state index contributed by atoms with van der Waals surface area (Å²) in [5, 5.41) is 0. The third kappa shape index (κ3) is 2.93. The monoisotopic (exact) mass is 181 g/mol. The molecule has 0 bridgehead atoms. The lowest BCUT2D eigenvalue weighted by Gasteiger charge is -2.22. The van der Waals surface area contributed by atoms with E-state index in [4.69, 9.17) is 0 Å². The maximum atomic E-state index is 11.1. The molecule has 1 heterocycles. The molecule has 0 radical (unpaired) electrons. The zero-order valence-corrected chi connectivity index (χ0v) is 8.06. The van der Waals surface area contributed by atoms with E-state index in [0.717, 1.165) is 6.54 Å². The molecule has 0 aromatic heterocycles. The van der Waals surface area contributed by atoms with Gasteiger partial charge in [-0.15, -0.1) is 0 Å². The van der Waals surface area contributed by atoms with Crippen molar-refractivity contribution in [3.8, 4) is 0 Å². The molecule has 0 aromatic rings. The average Bonchev–Trinajstić information content (AvgIpc) is 2.18. The minimum atomic E-state index is -0.150. The molecule has 0 saturated heterocycles. The fourth-order valence-corrected chi connectivity index (χ4v) is 1.27. The highest BCUT2D eigenvalue weighted by molar-refractivity contribution is 5.72. The van der Waals surface area contributed by atoms with E-state index in [-0.39, 0.29) is 11.9 Å². The lowest BCUT2D eigenvalue weighted by Crippen LogP contribution is -2.29. The summed E-state index contributed by atoms with van der Waals surface area (Å²) in [6.07, 6.45) is 8.01. The molecular weight excluding hydrogens is 166 g/mol. The van der Waals surface area contributed by atoms with Gasteiger partial charge in [-0.2, -0.15) is 0 Å². The van der Waals surface area contributed by atoms with Crippen LogP contribution in [0.2, 0.25) is 0 Å². The Balaban J connectivity index is 2.36. The molecule has 1 rings (SSSR count). The lowest BCUT2D eigenvalue weighted by molar-refractivity contribution is -0.145. The summed E-state index contributed by atoms with van der Waals surface area (Å²) in [6.45, 7) is 3.46. The van der Waals surface area contributed by atoms with Gasteiger partial charge >= 0.3 is 5.97 Å². The molecular formula is C10H15NO2. The molecule has 3 heteroatoms. The Morgan fingerprint density at radius 1 is 1.62 bits per heavy atom. The van der Waals surface area contributed by atoms with Crippen molar-refractivity contribution in [2.45, 2.75) is 6.92 Å². The normalized spacial score (nSPS) is 17.2. The van der Waals surface area contributed by atoms with Crippen molar-refractivity contribution in [3.63, 3.8) is 0 Å². The number of carbonyl (C=O) groups excluding carboxylic acids is 1. The number of nitrogens with zero attached hydrogens (tertiary/aromatic N) is 1. The average molecular weight is 181 g/mol. The maximum absolute atomic E-state index is 11.1. The smallest absolute Gasteiger partial charge is 0.310 e. The number of rotatable bonds is 3. The van der Waals surface area contributed by atoms with Gasteiger partial charge in [0.2, 0.25) is 0 Å². The standard InChI is InChI=1S/C10H15NO2/c1-9(10(12)13-2)8-11-6-4-3-5-7-11/h3-6,9H,7-8H2,1-2H3. The van der Waals surface area contributed by atoms with Crippen molar-refractivity contribution >= 4 is 5.97 Å². The van der Waals surface area contributed by atoms with Gasteiger partial charge in [0.05, 0.1) is 13.0 Å². The molecule has 1 unspecified atom stereocenters. The van der Waals surface area contributed by atoms with Crippen LogP contribution >= 0.6 is 0 Å². The number of hydrogen-bond acceptors (Lipinski definition) is 3. The fourth-order valence-electron chi connectivity index (χ4n) is 1.27. The number of carbonyl (C=O) groups is 1. The van der Waals surface area contributed by atoms with E-state index in [0.29, 0.717) is 6.54 Å². The predicted molar refractivity (Wildman–Crippen MR) is 51.0 cm³/mol. The van der Waals surface area contributed by atoms with Crippen molar-refractivity contribution < 1.29 is 9.53 Å². The number of methoxy groups -OCH3 is 1. The third-order valence-electron chi connectivity index (χ3n) is 2.00. The SMILES string of the molecule is COC(=O)C(C)CN1C=CC=CC1. The van der Waals surface area contributed by atoms with Crippen LogP contribution in [0, 0.1) is 5.92 Å². The molecule has 13 heavy (non-hydrogen) atoms. The van der Waals surface area contributed by atoms with Crippen LogP contribution in [0.1, 0.15) is 6.92 Å². The van der Waals surface area contributed by atoms with Crippen LogP contribution in [0.5, 0.6) is 0 Å². The van der Waals surface area contributed by atoms with E-state index < -0.39 is 0 Å². The number of allylic oxidation sites excluding steroid dienone is 2. The van der Waals surface area contributed by atoms with Gasteiger partial charge in [-0.3, -0.25) is 4.79 Å². The second kappa shape index (κ2) is 4.70. The van der Waals surface area contributed by atoms with Crippen molar-refractivity contribution in [3.05, 3.63) is 24.4 Å². The van der Waals surface area contributed by atoms with Gasteiger partial charge in [0.25, 0.3) is 0 Å². The summed E-state index contributed by atoms with van der Waals surface area (Å²) in [5.74, 6) is -0.218. The fraction of sp³-hybridized carbons (Fsp3) is 0.500. The molecule has 1 aliphatic rings. The van der Waals surface area contributed by atoms with Crippen LogP contribution in [-0.2, 0) is 9.53 Å². The van der Waals surface area contributed by atoms with Gasteiger partial charge in [0.15, 0.2) is 0 Å². The van der Waals surface area contributed by atoms with Gasteiger partial charge in [-0.1, -0.05) is 19.1 Å². The first-order chi connectivity index (χ1) is 6.24. The minimum absolute atomic E-state index is 0.0684. The predicted octanol–water partition coefficient (Wildman–Crippen LogP) is 1.18. The molecule has 0 aromatic carbocycles. The molecule has 72 valence electrons. The molecule has 1 aliphatic heterocycles. The molecule has 0 aliphatic carbocycles. The first-order valence-corrected chi connectivity index (χ1v) is 4.39. The van der Waals surface area contributed by atoms with Crippen molar-refractivity contribution in [1.29, 1.82) is 0 Å². The molecule has 1 atom stereocenters. The van der Waals surface area contributed by atoms with E-state index in [1.165, 1.54) is 7.11 Å². The Morgan fingerprint density at radius 3 is 2.92 bits per heavy atom. The highest BCUT2D eigenvalue weighted by Gasteiger charge is 2.15. The van der Waals surface area contributed by atoms with Gasteiger partial charge in [0.1, 0.15) is 0 Å². The van der Waals surface area contributed by atoms with Gasteiger partial charge in [-0.05, 0) is 12.3 Å².